The zero-order chi connectivity index (χ0) is 21.1. The van der Waals surface area contributed by atoms with Gasteiger partial charge < -0.3 is 15.0 Å². The maximum absolute atomic E-state index is 12.6. The van der Waals surface area contributed by atoms with Crippen molar-refractivity contribution in [2.45, 2.75) is 26.7 Å². The number of aryl methyl sites for hydroxylation is 2. The van der Waals surface area contributed by atoms with Gasteiger partial charge in [-0.3, -0.25) is 4.79 Å². The highest BCUT2D eigenvalue weighted by molar-refractivity contribution is 5.92. The number of anilines is 2. The number of hydrogen-bond acceptors (Lipinski definition) is 6. The number of carbonyl (C=O) groups is 1. The van der Waals surface area contributed by atoms with Gasteiger partial charge in [-0.05, 0) is 69.2 Å². The Kier molecular flexibility index (Phi) is 5.65. The lowest BCUT2D eigenvalue weighted by molar-refractivity contribution is -0.120. The van der Waals surface area contributed by atoms with E-state index in [1.165, 1.54) is 0 Å². The SMILES string of the molecule is COc1ccc(NC(=O)C2CCN(c3ccc(-n4nc(C)cc4C)nn3)CC2)cc1. The van der Waals surface area contributed by atoms with Crippen LogP contribution >= 0.6 is 0 Å². The van der Waals surface area contributed by atoms with Crippen molar-refractivity contribution in [3.05, 3.63) is 53.9 Å². The number of rotatable bonds is 5. The number of ether oxygens (including phenoxy) is 1. The van der Waals surface area contributed by atoms with Crippen molar-refractivity contribution in [3.63, 3.8) is 0 Å². The zero-order valence-electron chi connectivity index (χ0n) is 17.5. The van der Waals surface area contributed by atoms with Crippen LogP contribution in [0.25, 0.3) is 5.82 Å². The maximum atomic E-state index is 12.6. The van der Waals surface area contributed by atoms with Crippen LogP contribution < -0.4 is 15.0 Å². The fraction of sp³-hybridized carbons (Fsp3) is 0.364. The molecule has 3 aromatic rings. The molecule has 1 N–H and O–H groups in total. The summed E-state index contributed by atoms with van der Waals surface area (Å²) >= 11 is 0. The van der Waals surface area contributed by atoms with Crippen molar-refractivity contribution in [2.75, 3.05) is 30.4 Å². The minimum atomic E-state index is -0.00900. The number of aromatic nitrogens is 4. The Morgan fingerprint density at radius 3 is 2.27 bits per heavy atom. The van der Waals surface area contributed by atoms with Crippen LogP contribution in [0.1, 0.15) is 24.2 Å². The molecule has 156 valence electrons. The van der Waals surface area contributed by atoms with E-state index in [-0.39, 0.29) is 11.8 Å². The van der Waals surface area contributed by atoms with E-state index in [9.17, 15) is 4.79 Å². The smallest absolute Gasteiger partial charge is 0.227 e. The standard InChI is InChI=1S/C22H26N6O2/c1-15-14-16(2)28(26-15)21-9-8-20(24-25-21)27-12-10-17(11-13-27)22(29)23-18-4-6-19(30-3)7-5-18/h4-9,14,17H,10-13H2,1-3H3,(H,23,29). The highest BCUT2D eigenvalue weighted by Crippen LogP contribution is 2.24. The largest absolute Gasteiger partial charge is 0.497 e. The van der Waals surface area contributed by atoms with Gasteiger partial charge in [-0.15, -0.1) is 10.2 Å². The summed E-state index contributed by atoms with van der Waals surface area (Å²) in [5.41, 5.74) is 2.76. The lowest BCUT2D eigenvalue weighted by Gasteiger charge is -2.31. The van der Waals surface area contributed by atoms with Crippen molar-refractivity contribution in [1.82, 2.24) is 20.0 Å². The summed E-state index contributed by atoms with van der Waals surface area (Å²) in [6.07, 6.45) is 1.56. The van der Waals surface area contributed by atoms with E-state index < -0.39 is 0 Å². The molecule has 30 heavy (non-hydrogen) atoms. The average Bonchev–Trinajstić information content (AvgIpc) is 3.12. The molecule has 8 heteroatoms. The molecule has 0 aliphatic carbocycles. The molecule has 0 saturated carbocycles. The van der Waals surface area contributed by atoms with Gasteiger partial charge in [-0.1, -0.05) is 0 Å². The summed E-state index contributed by atoms with van der Waals surface area (Å²) in [6, 6.07) is 13.3. The van der Waals surface area contributed by atoms with E-state index in [1.54, 1.807) is 11.8 Å². The number of methoxy groups -OCH3 is 1. The average molecular weight is 406 g/mol. The third-order valence-corrected chi connectivity index (χ3v) is 5.41. The van der Waals surface area contributed by atoms with E-state index in [2.05, 4.69) is 25.5 Å². The van der Waals surface area contributed by atoms with Crippen LogP contribution in [0.2, 0.25) is 0 Å². The Morgan fingerprint density at radius 2 is 1.70 bits per heavy atom. The molecule has 1 saturated heterocycles. The molecule has 1 aliphatic heterocycles. The van der Waals surface area contributed by atoms with Gasteiger partial charge in [0.25, 0.3) is 0 Å². The summed E-state index contributed by atoms with van der Waals surface area (Å²) < 4.78 is 6.94. The number of carbonyl (C=O) groups excluding carboxylic acids is 1. The second-order valence-electron chi connectivity index (χ2n) is 7.57. The second kappa shape index (κ2) is 8.52. The van der Waals surface area contributed by atoms with Crippen molar-refractivity contribution in [3.8, 4) is 11.6 Å². The van der Waals surface area contributed by atoms with Crippen molar-refractivity contribution in [1.29, 1.82) is 0 Å². The van der Waals surface area contributed by atoms with Crippen molar-refractivity contribution in [2.24, 2.45) is 5.92 Å². The van der Waals surface area contributed by atoms with E-state index in [0.717, 1.165) is 54.6 Å². The third kappa shape index (κ3) is 4.27. The number of nitrogens with one attached hydrogen (secondary N) is 1. The first-order valence-electron chi connectivity index (χ1n) is 10.1. The molecule has 3 heterocycles. The molecule has 1 fully saturated rings. The predicted molar refractivity (Wildman–Crippen MR) is 115 cm³/mol. The Bertz CT molecular complexity index is 1010. The summed E-state index contributed by atoms with van der Waals surface area (Å²) in [7, 11) is 1.62. The van der Waals surface area contributed by atoms with Crippen LogP contribution in [0.4, 0.5) is 11.5 Å². The van der Waals surface area contributed by atoms with Gasteiger partial charge in [0.2, 0.25) is 5.91 Å². The topological polar surface area (TPSA) is 85.2 Å². The van der Waals surface area contributed by atoms with Gasteiger partial charge >= 0.3 is 0 Å². The Balaban J connectivity index is 1.33. The number of amides is 1. The van der Waals surface area contributed by atoms with E-state index in [0.29, 0.717) is 5.82 Å². The van der Waals surface area contributed by atoms with Gasteiger partial charge in [0, 0.05) is 30.4 Å². The highest BCUT2D eigenvalue weighted by Gasteiger charge is 2.26. The molecule has 0 unspecified atom stereocenters. The van der Waals surface area contributed by atoms with E-state index >= 15 is 0 Å². The van der Waals surface area contributed by atoms with Crippen molar-refractivity contribution < 1.29 is 9.53 Å². The summed E-state index contributed by atoms with van der Waals surface area (Å²) in [5.74, 6) is 2.36. The molecule has 4 rings (SSSR count). The Hall–Kier alpha value is -3.42. The predicted octanol–water partition coefficient (Wildman–Crippen LogP) is 3.14. The van der Waals surface area contributed by atoms with Gasteiger partial charge in [0.15, 0.2) is 11.6 Å². The minimum absolute atomic E-state index is 0.00900. The maximum Gasteiger partial charge on any atom is 0.227 e. The van der Waals surface area contributed by atoms with E-state index in [4.69, 9.17) is 4.74 Å². The fourth-order valence-corrected chi connectivity index (χ4v) is 3.75. The summed E-state index contributed by atoms with van der Waals surface area (Å²) in [5, 5.41) is 16.2. The lowest BCUT2D eigenvalue weighted by Crippen LogP contribution is -2.38. The molecule has 0 bridgehead atoms. The van der Waals surface area contributed by atoms with Gasteiger partial charge in [0.1, 0.15) is 5.75 Å². The molecule has 8 nitrogen and oxygen atoms in total. The van der Waals surface area contributed by atoms with Gasteiger partial charge in [-0.25, -0.2) is 4.68 Å². The molecular weight excluding hydrogens is 380 g/mol. The summed E-state index contributed by atoms with van der Waals surface area (Å²) in [4.78, 5) is 14.8. The van der Waals surface area contributed by atoms with Crippen LogP contribution in [0.15, 0.2) is 42.5 Å². The molecule has 0 spiro atoms. The highest BCUT2D eigenvalue weighted by atomic mass is 16.5. The van der Waals surface area contributed by atoms with Gasteiger partial charge in [-0.2, -0.15) is 5.10 Å². The monoisotopic (exact) mass is 406 g/mol. The van der Waals surface area contributed by atoms with Crippen LogP contribution in [-0.2, 0) is 4.79 Å². The fourth-order valence-electron chi connectivity index (χ4n) is 3.75. The summed E-state index contributed by atoms with van der Waals surface area (Å²) in [6.45, 7) is 5.50. The normalized spacial score (nSPS) is 14.6. The number of piperidine rings is 1. The van der Waals surface area contributed by atoms with Crippen LogP contribution in [0, 0.1) is 19.8 Å². The van der Waals surface area contributed by atoms with Crippen molar-refractivity contribution >= 4 is 17.4 Å². The molecule has 1 amide bonds. The molecular formula is C22H26N6O2. The van der Waals surface area contributed by atoms with Crippen LogP contribution in [0.3, 0.4) is 0 Å². The molecule has 0 atom stereocenters. The van der Waals surface area contributed by atoms with E-state index in [1.807, 2.05) is 56.3 Å². The molecule has 2 aromatic heterocycles. The lowest BCUT2D eigenvalue weighted by atomic mass is 9.96. The quantitative estimate of drug-likeness (QED) is 0.701. The first-order valence-corrected chi connectivity index (χ1v) is 10.1. The first-order chi connectivity index (χ1) is 14.5. The second-order valence-corrected chi connectivity index (χ2v) is 7.57. The molecule has 1 aliphatic rings. The third-order valence-electron chi connectivity index (χ3n) is 5.41. The number of benzene rings is 1. The molecule has 0 radical (unpaired) electrons. The van der Waals surface area contributed by atoms with Gasteiger partial charge in [0.05, 0.1) is 12.8 Å². The first kappa shape index (κ1) is 19.9. The Labute approximate surface area is 175 Å². The molecule has 1 aromatic carbocycles. The van der Waals surface area contributed by atoms with Crippen LogP contribution in [-0.4, -0.2) is 46.1 Å². The number of hydrogen-bond donors (Lipinski definition) is 1. The number of nitrogens with zero attached hydrogens (tertiary/aromatic N) is 5. The van der Waals surface area contributed by atoms with Crippen LogP contribution in [0.5, 0.6) is 5.75 Å². The Morgan fingerprint density at radius 1 is 1.03 bits per heavy atom. The zero-order valence-corrected chi connectivity index (χ0v) is 17.5. The minimum Gasteiger partial charge on any atom is -0.497 e.